The molecule has 0 atom stereocenters. The molecular weight excluding hydrogens is 338 g/mol. The van der Waals surface area contributed by atoms with Gasteiger partial charge in [0.05, 0.1) is 16.3 Å². The van der Waals surface area contributed by atoms with Gasteiger partial charge in [-0.3, -0.25) is 9.78 Å². The third kappa shape index (κ3) is 3.07. The first-order valence-corrected chi connectivity index (χ1v) is 7.90. The number of anilines is 1. The Bertz CT molecular complexity index is 1070. The van der Waals surface area contributed by atoms with Gasteiger partial charge in [-0.15, -0.1) is 0 Å². The number of carbonyl (C=O) groups excluding carboxylic acids is 1. The van der Waals surface area contributed by atoms with E-state index in [4.69, 9.17) is 11.6 Å². The molecule has 0 aromatic carbocycles. The van der Waals surface area contributed by atoms with E-state index in [-0.39, 0.29) is 8.76 Å². The van der Waals surface area contributed by atoms with Crippen LogP contribution >= 0.6 is 11.6 Å². The van der Waals surface area contributed by atoms with Crippen molar-refractivity contribution in [2.75, 3.05) is 5.32 Å². The van der Waals surface area contributed by atoms with Crippen molar-refractivity contribution in [1.29, 1.82) is 0 Å². The summed E-state index contributed by atoms with van der Waals surface area (Å²) in [5.41, 5.74) is 2.77. The molecule has 4 heterocycles. The van der Waals surface area contributed by atoms with Crippen LogP contribution in [0.3, 0.4) is 0 Å². The van der Waals surface area contributed by atoms with Crippen molar-refractivity contribution >= 4 is 34.4 Å². The van der Waals surface area contributed by atoms with Gasteiger partial charge in [0.1, 0.15) is 11.5 Å². The highest BCUT2D eigenvalue weighted by atomic mass is 35.5. The van der Waals surface area contributed by atoms with E-state index in [0.29, 0.717) is 22.1 Å². The number of H-pyrrole nitrogens is 1. The van der Waals surface area contributed by atoms with Crippen molar-refractivity contribution < 1.29 is 7.65 Å². The molecule has 0 spiro atoms. The lowest BCUT2D eigenvalue weighted by Gasteiger charge is -2.06. The molecule has 4 aromatic heterocycles. The smallest absolute Gasteiger partial charge is 0.258 e. The van der Waals surface area contributed by atoms with Gasteiger partial charge in [-0.2, -0.15) is 0 Å². The maximum absolute atomic E-state index is 12.2. The van der Waals surface area contributed by atoms with Crippen molar-refractivity contribution in [2.45, 2.75) is 0 Å². The van der Waals surface area contributed by atoms with Crippen molar-refractivity contribution in [1.82, 2.24) is 19.9 Å². The Morgan fingerprint density at radius 3 is 2.96 bits per heavy atom. The number of fused-ring (bicyclic) bond motifs is 1. The number of nitrogens with one attached hydrogen (secondary N) is 2. The van der Waals surface area contributed by atoms with E-state index >= 15 is 0 Å². The molecule has 0 aliphatic heterocycles. The van der Waals surface area contributed by atoms with E-state index in [0.717, 1.165) is 16.6 Å². The highest BCUT2D eigenvalue weighted by Crippen LogP contribution is 2.28. The topological polar surface area (TPSA) is 83.6 Å². The van der Waals surface area contributed by atoms with Crippen LogP contribution in [0.15, 0.2) is 61.2 Å². The monoisotopic (exact) mass is 353 g/mol. The zero-order chi connectivity index (χ0) is 17.2. The van der Waals surface area contributed by atoms with Gasteiger partial charge < -0.3 is 10.3 Å². The van der Waals surface area contributed by atoms with E-state index in [1.54, 1.807) is 30.6 Å². The van der Waals surface area contributed by atoms with Crippen LogP contribution in [0.25, 0.3) is 22.3 Å². The summed E-state index contributed by atoms with van der Waals surface area (Å²) < 4.78 is 0. The van der Waals surface area contributed by atoms with E-state index < -0.39 is 0 Å². The average molecular weight is 354 g/mol. The molecule has 4 aromatic rings. The van der Waals surface area contributed by atoms with E-state index in [1.165, 1.54) is 6.20 Å². The molecular formula is C18H16ClN5O. The van der Waals surface area contributed by atoms with Crippen molar-refractivity contribution in [3.8, 4) is 11.3 Å². The van der Waals surface area contributed by atoms with Crippen LogP contribution in [0.2, 0.25) is 5.02 Å². The third-order valence-corrected chi connectivity index (χ3v) is 3.89. The highest BCUT2D eigenvalue weighted by molar-refractivity contribution is 6.31. The van der Waals surface area contributed by atoms with Crippen LogP contribution < -0.4 is 5.32 Å². The number of rotatable bonds is 3. The first kappa shape index (κ1) is 15.3. The zero-order valence-corrected chi connectivity index (χ0v) is 13.7. The lowest BCUT2D eigenvalue weighted by Crippen LogP contribution is -2.13. The van der Waals surface area contributed by atoms with Crippen molar-refractivity contribution in [2.24, 2.45) is 0 Å². The molecule has 0 fully saturated rings. The number of amides is 1. The SMILES string of the molecule is O=C(Nc1cccc(-c2c[nH]c3ncc(Cl)cc23)n1)c1cccnc1.[HH].[HH]. The predicted octanol–water partition coefficient (Wildman–Crippen LogP) is 4.42. The maximum atomic E-state index is 12.2. The number of carbonyl (C=O) groups is 1. The van der Waals surface area contributed by atoms with E-state index in [2.05, 4.69) is 25.3 Å². The Morgan fingerprint density at radius 2 is 2.12 bits per heavy atom. The molecule has 6 nitrogen and oxygen atoms in total. The van der Waals surface area contributed by atoms with Crippen molar-refractivity contribution in [3.63, 3.8) is 0 Å². The summed E-state index contributed by atoms with van der Waals surface area (Å²) in [6.07, 6.45) is 6.53. The first-order chi connectivity index (χ1) is 12.2. The average Bonchev–Trinajstić information content (AvgIpc) is 3.05. The van der Waals surface area contributed by atoms with Gasteiger partial charge in [-0.05, 0) is 30.3 Å². The number of hydrogen-bond acceptors (Lipinski definition) is 4. The van der Waals surface area contributed by atoms with Gasteiger partial charge in [0.2, 0.25) is 0 Å². The molecule has 0 bridgehead atoms. The number of nitrogens with zero attached hydrogens (tertiary/aromatic N) is 3. The van der Waals surface area contributed by atoms with E-state index in [9.17, 15) is 4.79 Å². The lowest BCUT2D eigenvalue weighted by atomic mass is 10.1. The fourth-order valence-corrected chi connectivity index (χ4v) is 2.69. The number of hydrogen-bond donors (Lipinski definition) is 2. The Kier molecular flexibility index (Phi) is 3.87. The van der Waals surface area contributed by atoms with Crippen LogP contribution in [-0.4, -0.2) is 25.8 Å². The summed E-state index contributed by atoms with van der Waals surface area (Å²) in [6, 6.07) is 10.7. The fraction of sp³-hybridized carbons (Fsp3) is 0. The summed E-state index contributed by atoms with van der Waals surface area (Å²) >= 11 is 6.04. The van der Waals surface area contributed by atoms with Crippen LogP contribution in [0, 0.1) is 0 Å². The second-order valence-corrected chi connectivity index (χ2v) is 5.79. The number of halogens is 1. The number of aromatic nitrogens is 4. The number of aromatic amines is 1. The lowest BCUT2D eigenvalue weighted by molar-refractivity contribution is 0.102. The Morgan fingerprint density at radius 1 is 1.20 bits per heavy atom. The fourth-order valence-electron chi connectivity index (χ4n) is 2.53. The summed E-state index contributed by atoms with van der Waals surface area (Å²) in [5, 5.41) is 4.20. The second-order valence-electron chi connectivity index (χ2n) is 5.36. The van der Waals surface area contributed by atoms with Gasteiger partial charge >= 0.3 is 0 Å². The van der Waals surface area contributed by atoms with Crippen LogP contribution in [0.5, 0.6) is 0 Å². The van der Waals surface area contributed by atoms with Gasteiger partial charge in [0, 0.05) is 38.6 Å². The number of pyridine rings is 3. The summed E-state index contributed by atoms with van der Waals surface area (Å²) in [4.78, 5) is 28.0. The predicted molar refractivity (Wildman–Crippen MR) is 101 cm³/mol. The molecule has 0 aliphatic rings. The molecule has 0 radical (unpaired) electrons. The highest BCUT2D eigenvalue weighted by Gasteiger charge is 2.11. The minimum absolute atomic E-state index is 0. The normalized spacial score (nSPS) is 10.8. The molecule has 0 saturated heterocycles. The van der Waals surface area contributed by atoms with Crippen LogP contribution in [0.4, 0.5) is 5.82 Å². The molecule has 25 heavy (non-hydrogen) atoms. The summed E-state index contributed by atoms with van der Waals surface area (Å²) in [7, 11) is 0. The molecule has 126 valence electrons. The molecule has 0 saturated carbocycles. The quantitative estimate of drug-likeness (QED) is 0.571. The molecule has 2 N–H and O–H groups in total. The summed E-state index contributed by atoms with van der Waals surface area (Å²) in [6.45, 7) is 0. The van der Waals surface area contributed by atoms with Gasteiger partial charge in [-0.25, -0.2) is 9.97 Å². The van der Waals surface area contributed by atoms with Gasteiger partial charge in [0.25, 0.3) is 5.91 Å². The minimum atomic E-state index is -0.263. The molecule has 1 amide bonds. The molecule has 7 heteroatoms. The minimum Gasteiger partial charge on any atom is -0.345 e. The second kappa shape index (κ2) is 6.33. The Labute approximate surface area is 150 Å². The van der Waals surface area contributed by atoms with Crippen LogP contribution in [-0.2, 0) is 0 Å². The zero-order valence-electron chi connectivity index (χ0n) is 12.9. The largest absolute Gasteiger partial charge is 0.345 e. The third-order valence-electron chi connectivity index (χ3n) is 3.69. The molecule has 4 rings (SSSR count). The first-order valence-electron chi connectivity index (χ1n) is 7.52. The standard InChI is InChI=1S/C18H12ClN5O.2H2/c19-12-7-13-14(10-22-17(13)21-9-12)15-4-1-5-16(23-15)24-18(25)11-3-2-6-20-8-11;;/h1-10H,(H,21,22)(H,23,24,25);2*1H. The van der Waals surface area contributed by atoms with Crippen molar-refractivity contribution in [3.05, 3.63) is 71.8 Å². The Balaban J connectivity index is 0.00000131. The molecule has 0 unspecified atom stereocenters. The van der Waals surface area contributed by atoms with Gasteiger partial charge in [-0.1, -0.05) is 17.7 Å². The van der Waals surface area contributed by atoms with Crippen LogP contribution in [0.1, 0.15) is 13.2 Å². The molecule has 0 aliphatic carbocycles. The van der Waals surface area contributed by atoms with E-state index in [1.807, 2.05) is 24.4 Å². The summed E-state index contributed by atoms with van der Waals surface area (Å²) in [5.74, 6) is 0.192. The Hall–Kier alpha value is -3.25. The van der Waals surface area contributed by atoms with Gasteiger partial charge in [0.15, 0.2) is 0 Å². The maximum Gasteiger partial charge on any atom is 0.258 e.